The molecule has 0 N–H and O–H groups in total. The molecule has 1 aromatic carbocycles. The van der Waals surface area contributed by atoms with E-state index in [0.717, 1.165) is 31.5 Å². The maximum atomic E-state index is 12.9. The van der Waals surface area contributed by atoms with E-state index in [1.165, 1.54) is 0 Å². The zero-order valence-electron chi connectivity index (χ0n) is 16.1. The number of hydrogen-bond donors (Lipinski definition) is 0. The number of nitrogens with zero attached hydrogens (tertiary/aromatic N) is 5. The van der Waals surface area contributed by atoms with Gasteiger partial charge in [0.1, 0.15) is 5.69 Å². The smallest absolute Gasteiger partial charge is 0.272 e. The van der Waals surface area contributed by atoms with E-state index in [2.05, 4.69) is 20.1 Å². The van der Waals surface area contributed by atoms with Crippen molar-refractivity contribution in [3.8, 4) is 11.5 Å². The fraction of sp³-hybridized carbons (Fsp3) is 0.364. The molecule has 1 amide bonds. The lowest BCUT2D eigenvalue weighted by Crippen LogP contribution is -2.44. The standard InChI is InChI=1S/C22H23N5O2/c28-22(19-8-4-5-11-23-19)27-13-16-9-10-18(14-27)26(12-16)15-20-24-25-21(29-20)17-6-2-1-3-7-17/h1-8,11,16,18H,9-10,12-15H2/t16-,18-/m0/s1. The molecule has 148 valence electrons. The van der Waals surface area contributed by atoms with Crippen molar-refractivity contribution in [1.82, 2.24) is 25.0 Å². The Kier molecular flexibility index (Phi) is 4.81. The summed E-state index contributed by atoms with van der Waals surface area (Å²) in [5.74, 6) is 1.65. The number of benzene rings is 1. The van der Waals surface area contributed by atoms with Crippen LogP contribution >= 0.6 is 0 Å². The van der Waals surface area contributed by atoms with E-state index in [0.29, 0.717) is 42.5 Å². The predicted molar refractivity (Wildman–Crippen MR) is 107 cm³/mol. The average molecular weight is 389 g/mol. The minimum atomic E-state index is 0.0218. The van der Waals surface area contributed by atoms with Gasteiger partial charge in [0.05, 0.1) is 6.54 Å². The number of piperidine rings is 1. The van der Waals surface area contributed by atoms with Crippen LogP contribution < -0.4 is 0 Å². The Morgan fingerprint density at radius 3 is 2.69 bits per heavy atom. The fourth-order valence-electron chi connectivity index (χ4n) is 4.38. The van der Waals surface area contributed by atoms with Crippen LogP contribution in [0.5, 0.6) is 0 Å². The first kappa shape index (κ1) is 18.0. The van der Waals surface area contributed by atoms with Crippen molar-refractivity contribution in [3.63, 3.8) is 0 Å². The maximum Gasteiger partial charge on any atom is 0.272 e. The van der Waals surface area contributed by atoms with Gasteiger partial charge in [0.15, 0.2) is 0 Å². The van der Waals surface area contributed by atoms with Crippen molar-refractivity contribution in [3.05, 3.63) is 66.3 Å². The molecule has 5 heterocycles. The molecule has 0 saturated carbocycles. The molecule has 29 heavy (non-hydrogen) atoms. The monoisotopic (exact) mass is 389 g/mol. The van der Waals surface area contributed by atoms with Crippen molar-refractivity contribution < 1.29 is 9.21 Å². The van der Waals surface area contributed by atoms with Crippen molar-refractivity contribution in [2.24, 2.45) is 5.92 Å². The van der Waals surface area contributed by atoms with Crippen LogP contribution in [0.2, 0.25) is 0 Å². The van der Waals surface area contributed by atoms with Crippen molar-refractivity contribution >= 4 is 5.91 Å². The first-order valence-corrected chi connectivity index (χ1v) is 10.1. The summed E-state index contributed by atoms with van der Waals surface area (Å²) < 4.78 is 5.91. The number of hydrogen-bond acceptors (Lipinski definition) is 6. The van der Waals surface area contributed by atoms with Crippen LogP contribution in [0.15, 0.2) is 59.1 Å². The molecule has 7 heteroatoms. The van der Waals surface area contributed by atoms with Crippen molar-refractivity contribution in [2.45, 2.75) is 25.4 Å². The highest BCUT2D eigenvalue weighted by Crippen LogP contribution is 2.30. The molecule has 0 spiro atoms. The zero-order chi connectivity index (χ0) is 19.6. The van der Waals surface area contributed by atoms with Crippen LogP contribution in [0, 0.1) is 5.92 Å². The second kappa shape index (κ2) is 7.75. The van der Waals surface area contributed by atoms with Gasteiger partial charge in [-0.15, -0.1) is 10.2 Å². The number of amides is 1. The Balaban J connectivity index is 1.30. The summed E-state index contributed by atoms with van der Waals surface area (Å²) in [6.45, 7) is 3.05. The Morgan fingerprint density at radius 2 is 1.86 bits per heavy atom. The third-order valence-corrected chi connectivity index (χ3v) is 5.82. The Labute approximate surface area is 169 Å². The van der Waals surface area contributed by atoms with E-state index in [9.17, 15) is 4.79 Å². The lowest BCUT2D eigenvalue weighted by molar-refractivity contribution is 0.0727. The molecule has 7 nitrogen and oxygen atoms in total. The van der Waals surface area contributed by atoms with Gasteiger partial charge >= 0.3 is 0 Å². The molecule has 3 aromatic rings. The van der Waals surface area contributed by atoms with Crippen molar-refractivity contribution in [2.75, 3.05) is 19.6 Å². The molecule has 0 aliphatic carbocycles. The van der Waals surface area contributed by atoms with Gasteiger partial charge < -0.3 is 9.32 Å². The van der Waals surface area contributed by atoms with E-state index in [1.807, 2.05) is 47.4 Å². The Morgan fingerprint density at radius 1 is 1.00 bits per heavy atom. The van der Waals surface area contributed by atoms with Gasteiger partial charge in [-0.05, 0) is 43.0 Å². The molecule has 3 saturated heterocycles. The first-order chi connectivity index (χ1) is 14.3. The molecule has 0 radical (unpaired) electrons. The summed E-state index contributed by atoms with van der Waals surface area (Å²) >= 11 is 0. The van der Waals surface area contributed by atoms with Gasteiger partial charge in [0, 0.05) is 37.4 Å². The van der Waals surface area contributed by atoms with Crippen LogP contribution in [0.4, 0.5) is 0 Å². The van der Waals surface area contributed by atoms with E-state index in [-0.39, 0.29) is 5.91 Å². The van der Waals surface area contributed by atoms with Gasteiger partial charge in [-0.2, -0.15) is 0 Å². The van der Waals surface area contributed by atoms with E-state index < -0.39 is 0 Å². The molecule has 3 aliphatic heterocycles. The first-order valence-electron chi connectivity index (χ1n) is 10.1. The molecule has 0 unspecified atom stereocenters. The summed E-state index contributed by atoms with van der Waals surface area (Å²) in [6, 6.07) is 15.6. The fourth-order valence-corrected chi connectivity index (χ4v) is 4.38. The number of pyridine rings is 1. The molecule has 6 rings (SSSR count). The zero-order valence-corrected chi connectivity index (χ0v) is 16.1. The Hall–Kier alpha value is -3.06. The third kappa shape index (κ3) is 3.78. The quantitative estimate of drug-likeness (QED) is 0.683. The average Bonchev–Trinajstić information content (AvgIpc) is 3.05. The predicted octanol–water partition coefficient (Wildman–Crippen LogP) is 2.87. The van der Waals surface area contributed by atoms with Gasteiger partial charge in [-0.3, -0.25) is 14.7 Å². The highest BCUT2D eigenvalue weighted by Gasteiger charge is 2.37. The second-order valence-corrected chi connectivity index (χ2v) is 7.82. The second-order valence-electron chi connectivity index (χ2n) is 7.82. The highest BCUT2D eigenvalue weighted by atomic mass is 16.4. The van der Waals surface area contributed by atoms with E-state index in [4.69, 9.17) is 4.42 Å². The number of carbonyl (C=O) groups is 1. The van der Waals surface area contributed by atoms with Crippen LogP contribution in [0.1, 0.15) is 29.2 Å². The SMILES string of the molecule is O=C(c1ccccn1)N1C[C@H]2CC[C@@H](C1)N(Cc1nnc(-c3ccccc3)o1)C2. The summed E-state index contributed by atoms with van der Waals surface area (Å²) in [6.07, 6.45) is 3.90. The topological polar surface area (TPSA) is 75.4 Å². The number of aromatic nitrogens is 3. The minimum absolute atomic E-state index is 0.0218. The Bertz CT molecular complexity index is 975. The third-order valence-electron chi connectivity index (χ3n) is 5.82. The summed E-state index contributed by atoms with van der Waals surface area (Å²) in [5, 5.41) is 8.46. The van der Waals surface area contributed by atoms with E-state index >= 15 is 0 Å². The molecule has 2 atom stereocenters. The lowest BCUT2D eigenvalue weighted by Gasteiger charge is -2.34. The summed E-state index contributed by atoms with van der Waals surface area (Å²) in [7, 11) is 0. The summed E-state index contributed by atoms with van der Waals surface area (Å²) in [5.41, 5.74) is 1.44. The molecular weight excluding hydrogens is 366 g/mol. The normalized spacial score (nSPS) is 21.9. The van der Waals surface area contributed by atoms with Gasteiger partial charge in [0.2, 0.25) is 11.8 Å². The van der Waals surface area contributed by atoms with Crippen LogP contribution in [0.25, 0.3) is 11.5 Å². The van der Waals surface area contributed by atoms with Gasteiger partial charge in [-0.1, -0.05) is 24.3 Å². The molecule has 3 fully saturated rings. The molecule has 2 bridgehead atoms. The van der Waals surface area contributed by atoms with Gasteiger partial charge in [0.25, 0.3) is 5.91 Å². The number of fused-ring (bicyclic) bond motifs is 4. The molecule has 2 aromatic heterocycles. The number of rotatable bonds is 4. The van der Waals surface area contributed by atoms with Crippen molar-refractivity contribution in [1.29, 1.82) is 0 Å². The van der Waals surface area contributed by atoms with Crippen LogP contribution in [0.3, 0.4) is 0 Å². The summed E-state index contributed by atoms with van der Waals surface area (Å²) in [4.78, 5) is 21.5. The number of carbonyl (C=O) groups excluding carboxylic acids is 1. The van der Waals surface area contributed by atoms with Gasteiger partial charge in [-0.25, -0.2) is 0 Å². The van der Waals surface area contributed by atoms with Crippen LogP contribution in [-0.4, -0.2) is 56.6 Å². The lowest BCUT2D eigenvalue weighted by atomic mass is 9.95. The molecule has 3 aliphatic rings. The molecular formula is C22H23N5O2. The largest absolute Gasteiger partial charge is 0.419 e. The van der Waals surface area contributed by atoms with Crippen LogP contribution in [-0.2, 0) is 6.54 Å². The maximum absolute atomic E-state index is 12.9. The van der Waals surface area contributed by atoms with E-state index in [1.54, 1.807) is 12.3 Å². The minimum Gasteiger partial charge on any atom is -0.419 e. The highest BCUT2D eigenvalue weighted by molar-refractivity contribution is 5.92.